The summed E-state index contributed by atoms with van der Waals surface area (Å²) in [6.07, 6.45) is 1.31. The fraction of sp³-hybridized carbons (Fsp3) is 0.706. The number of hydrogen-bond donors (Lipinski definition) is 2. The average Bonchev–Trinajstić information content (AvgIpc) is 3.03. The molecule has 0 aliphatic carbocycles. The van der Waals surface area contributed by atoms with Crippen LogP contribution in [-0.4, -0.2) is 51.5 Å². The molecule has 0 saturated carbocycles. The molecule has 1 aromatic heterocycles. The van der Waals surface area contributed by atoms with Crippen molar-refractivity contribution in [2.75, 3.05) is 31.3 Å². The molecule has 12 heteroatoms. The van der Waals surface area contributed by atoms with Crippen LogP contribution >= 0.6 is 20.0 Å². The number of nitrogen functional groups attached to an aromatic ring is 1. The van der Waals surface area contributed by atoms with Crippen LogP contribution in [0.2, 0.25) is 0 Å². The van der Waals surface area contributed by atoms with Gasteiger partial charge >= 0.3 is 13.9 Å². The second-order valence-electron chi connectivity index (χ2n) is 7.43. The zero-order valence-electron chi connectivity index (χ0n) is 16.6. The first-order valence-electron chi connectivity index (χ1n) is 9.15. The summed E-state index contributed by atoms with van der Waals surface area (Å²) in [6.45, 7) is 5.12. The summed E-state index contributed by atoms with van der Waals surface area (Å²) in [5.41, 5.74) is 4.19. The summed E-state index contributed by atoms with van der Waals surface area (Å²) in [6, 6.07) is 1.52. The summed E-state index contributed by atoms with van der Waals surface area (Å²) in [5.74, 6) is 0.479. The Kier molecular flexibility index (Phi) is 8.74. The molecule has 2 heterocycles. The third-order valence-corrected chi connectivity index (χ3v) is 6.34. The van der Waals surface area contributed by atoms with Crippen molar-refractivity contribution in [2.45, 2.75) is 39.5 Å². The molecule has 162 valence electrons. The van der Waals surface area contributed by atoms with Gasteiger partial charge in [0.2, 0.25) is 0 Å². The molecule has 1 fully saturated rings. The number of rotatable bonds is 10. The molecule has 1 aliphatic heterocycles. The number of aliphatic hydroxyl groups is 1. The van der Waals surface area contributed by atoms with Crippen LogP contribution < -0.4 is 11.4 Å². The predicted octanol–water partition coefficient (Wildman–Crippen LogP) is 1.72. The summed E-state index contributed by atoms with van der Waals surface area (Å²) in [7, 11) is -2.35. The fourth-order valence-corrected chi connectivity index (χ4v) is 4.21. The minimum Gasteiger partial charge on any atom is -0.395 e. The number of thioether (sulfide) groups is 1. The quantitative estimate of drug-likeness (QED) is 0.401. The normalized spacial score (nSPS) is 22.6. The average molecular weight is 448 g/mol. The standard InChI is InChI=1S/C17H26N3O7PS/c1-11-8-12(27-14(11)20-5-4-13(18)19-16(20)23)9-26-28(24)25-6-7-29-15(22)17(2,3)10-21/h4-5,11-12,14,21H,6-10H2,1-3H3,(H-,18,19,23)/p+1. The molecular weight excluding hydrogens is 421 g/mol. The monoisotopic (exact) mass is 448 g/mol. The Bertz CT molecular complexity index is 789. The molecular formula is C17H27N3O7PS+. The molecule has 0 radical (unpaired) electrons. The number of carbonyl (C=O) groups excluding carboxylic acids is 1. The Hall–Kier alpha value is -1.36. The lowest BCUT2D eigenvalue weighted by Crippen LogP contribution is -2.29. The lowest BCUT2D eigenvalue weighted by molar-refractivity contribution is -0.119. The van der Waals surface area contributed by atoms with Crippen LogP contribution in [0.4, 0.5) is 5.82 Å². The topological polar surface area (TPSA) is 143 Å². The van der Waals surface area contributed by atoms with E-state index in [1.807, 2.05) is 6.92 Å². The Balaban J connectivity index is 1.71. The largest absolute Gasteiger partial charge is 0.697 e. The van der Waals surface area contributed by atoms with Gasteiger partial charge in [-0.25, -0.2) is 4.79 Å². The van der Waals surface area contributed by atoms with E-state index < -0.39 is 25.6 Å². The minimum atomic E-state index is -2.35. The number of ether oxygens (including phenoxy) is 1. The zero-order valence-corrected chi connectivity index (χ0v) is 18.4. The van der Waals surface area contributed by atoms with Crippen LogP contribution in [0.3, 0.4) is 0 Å². The second-order valence-corrected chi connectivity index (χ2v) is 9.47. The van der Waals surface area contributed by atoms with E-state index >= 15 is 0 Å². The zero-order chi connectivity index (χ0) is 21.6. The number of aliphatic hydroxyl groups excluding tert-OH is 1. The molecule has 29 heavy (non-hydrogen) atoms. The van der Waals surface area contributed by atoms with Crippen molar-refractivity contribution in [1.29, 1.82) is 0 Å². The van der Waals surface area contributed by atoms with Crippen molar-refractivity contribution in [1.82, 2.24) is 9.55 Å². The molecule has 1 aromatic rings. The number of nitrogens with two attached hydrogens (primary N) is 1. The maximum Gasteiger partial charge on any atom is 0.697 e. The van der Waals surface area contributed by atoms with Crippen LogP contribution in [0.1, 0.15) is 33.4 Å². The highest BCUT2D eigenvalue weighted by molar-refractivity contribution is 8.13. The fourth-order valence-electron chi connectivity index (χ4n) is 2.67. The first-order valence-corrected chi connectivity index (χ1v) is 11.2. The van der Waals surface area contributed by atoms with E-state index in [0.717, 1.165) is 11.8 Å². The van der Waals surface area contributed by atoms with Gasteiger partial charge < -0.3 is 15.6 Å². The van der Waals surface area contributed by atoms with Gasteiger partial charge in [-0.2, -0.15) is 4.98 Å². The van der Waals surface area contributed by atoms with Crippen molar-refractivity contribution in [2.24, 2.45) is 11.3 Å². The van der Waals surface area contributed by atoms with Crippen LogP contribution in [0, 0.1) is 11.3 Å². The Morgan fingerprint density at radius 3 is 2.90 bits per heavy atom. The summed E-state index contributed by atoms with van der Waals surface area (Å²) in [4.78, 5) is 27.5. The SMILES string of the molecule is CC1CC(CO[P+](=O)OCCSC(=O)C(C)(C)CO)OC1n1ccc(N)nc1=O. The molecule has 4 unspecified atom stereocenters. The van der Waals surface area contributed by atoms with E-state index in [4.69, 9.17) is 24.6 Å². The van der Waals surface area contributed by atoms with Gasteiger partial charge in [0, 0.05) is 22.4 Å². The van der Waals surface area contributed by atoms with Crippen LogP contribution in [0.5, 0.6) is 0 Å². The third-order valence-electron chi connectivity index (χ3n) is 4.41. The third kappa shape index (κ3) is 6.84. The van der Waals surface area contributed by atoms with Crippen molar-refractivity contribution in [3.8, 4) is 0 Å². The molecule has 0 aromatic carbocycles. The highest BCUT2D eigenvalue weighted by Gasteiger charge is 2.36. The van der Waals surface area contributed by atoms with Gasteiger partial charge in [-0.3, -0.25) is 9.36 Å². The van der Waals surface area contributed by atoms with Gasteiger partial charge in [0.25, 0.3) is 0 Å². The first-order chi connectivity index (χ1) is 13.6. The molecule has 3 N–H and O–H groups in total. The van der Waals surface area contributed by atoms with Gasteiger partial charge in [-0.15, -0.1) is 9.05 Å². The van der Waals surface area contributed by atoms with E-state index in [0.29, 0.717) is 12.2 Å². The van der Waals surface area contributed by atoms with Gasteiger partial charge in [0.1, 0.15) is 25.3 Å². The van der Waals surface area contributed by atoms with Crippen molar-refractivity contribution in [3.63, 3.8) is 0 Å². The smallest absolute Gasteiger partial charge is 0.395 e. The number of carbonyl (C=O) groups is 1. The lowest BCUT2D eigenvalue weighted by atomic mass is 9.97. The van der Waals surface area contributed by atoms with Gasteiger partial charge in [-0.05, 0) is 26.3 Å². The van der Waals surface area contributed by atoms with E-state index in [1.165, 1.54) is 16.8 Å². The van der Waals surface area contributed by atoms with Gasteiger partial charge in [0.15, 0.2) is 5.12 Å². The van der Waals surface area contributed by atoms with E-state index in [9.17, 15) is 14.2 Å². The van der Waals surface area contributed by atoms with Crippen molar-refractivity contribution < 1.29 is 28.3 Å². The van der Waals surface area contributed by atoms with Crippen molar-refractivity contribution in [3.05, 3.63) is 22.7 Å². The molecule has 0 amide bonds. The van der Waals surface area contributed by atoms with E-state index in [1.54, 1.807) is 13.8 Å². The van der Waals surface area contributed by atoms with Crippen LogP contribution in [0.25, 0.3) is 0 Å². The molecule has 0 spiro atoms. The Labute approximate surface area is 174 Å². The first kappa shape index (κ1) is 23.9. The maximum atomic E-state index is 12.0. The highest BCUT2D eigenvalue weighted by atomic mass is 32.2. The number of anilines is 1. The summed E-state index contributed by atoms with van der Waals surface area (Å²) in [5, 5.41) is 8.99. The molecule has 0 bridgehead atoms. The second kappa shape index (κ2) is 10.6. The van der Waals surface area contributed by atoms with E-state index in [-0.39, 0.29) is 42.8 Å². The molecule has 1 saturated heterocycles. The van der Waals surface area contributed by atoms with E-state index in [2.05, 4.69) is 4.98 Å². The van der Waals surface area contributed by atoms with Crippen LogP contribution in [-0.2, 0) is 23.1 Å². The van der Waals surface area contributed by atoms with Gasteiger partial charge in [-0.1, -0.05) is 18.7 Å². The van der Waals surface area contributed by atoms with Crippen LogP contribution in [0.15, 0.2) is 17.1 Å². The summed E-state index contributed by atoms with van der Waals surface area (Å²) < 4.78 is 29.4. The number of hydrogen-bond acceptors (Lipinski definition) is 10. The molecule has 10 nitrogen and oxygen atoms in total. The molecule has 1 aliphatic rings. The summed E-state index contributed by atoms with van der Waals surface area (Å²) >= 11 is 1.01. The van der Waals surface area contributed by atoms with Gasteiger partial charge in [0.05, 0.1) is 18.1 Å². The molecule has 2 rings (SSSR count). The number of aromatic nitrogens is 2. The maximum absolute atomic E-state index is 12.0. The highest BCUT2D eigenvalue weighted by Crippen LogP contribution is 2.35. The number of nitrogens with zero attached hydrogens (tertiary/aromatic N) is 2. The lowest BCUT2D eigenvalue weighted by Gasteiger charge is -2.18. The Morgan fingerprint density at radius 1 is 1.52 bits per heavy atom. The minimum absolute atomic E-state index is 0.0304. The predicted molar refractivity (Wildman–Crippen MR) is 108 cm³/mol. The van der Waals surface area contributed by atoms with Crippen molar-refractivity contribution >= 4 is 30.9 Å². The Morgan fingerprint density at radius 2 is 2.24 bits per heavy atom. The molecule has 4 atom stereocenters.